The van der Waals surface area contributed by atoms with Gasteiger partial charge >= 0.3 is 5.97 Å². The predicted molar refractivity (Wildman–Crippen MR) is 47.1 cm³/mol. The van der Waals surface area contributed by atoms with Crippen LogP contribution in [0.3, 0.4) is 0 Å². The van der Waals surface area contributed by atoms with Crippen LogP contribution in [0.5, 0.6) is 0 Å². The Balaban J connectivity index is 3.02. The smallest absolute Gasteiger partial charge is 0.310 e. The molecule has 14 heavy (non-hydrogen) atoms. The fraction of sp³-hybridized carbons (Fsp3) is 0.222. The lowest BCUT2D eigenvalue weighted by Crippen LogP contribution is -2.06. The lowest BCUT2D eigenvalue weighted by atomic mass is 10.1. The number of methoxy groups -OCH3 is 1. The van der Waals surface area contributed by atoms with E-state index >= 15 is 0 Å². The second kappa shape index (κ2) is 4.37. The highest BCUT2D eigenvalue weighted by molar-refractivity contribution is 6.30. The summed E-state index contributed by atoms with van der Waals surface area (Å²) in [6.45, 7) is 0. The normalized spacial score (nSPS) is 10.0. The zero-order chi connectivity index (χ0) is 10.7. The largest absolute Gasteiger partial charge is 0.469 e. The number of benzene rings is 1. The van der Waals surface area contributed by atoms with Gasteiger partial charge in [-0.25, -0.2) is 8.78 Å². The SMILES string of the molecule is COC(=O)Cc1cc(F)cc(Cl)c1F. The molecule has 1 aromatic carbocycles. The van der Waals surface area contributed by atoms with Gasteiger partial charge < -0.3 is 4.74 Å². The van der Waals surface area contributed by atoms with Crippen LogP contribution in [0.2, 0.25) is 5.02 Å². The second-order valence-corrected chi connectivity index (χ2v) is 3.02. The van der Waals surface area contributed by atoms with Gasteiger partial charge in [-0.1, -0.05) is 11.6 Å². The molecule has 0 fully saturated rings. The fourth-order valence-electron chi connectivity index (χ4n) is 0.966. The Morgan fingerprint density at radius 1 is 1.50 bits per heavy atom. The summed E-state index contributed by atoms with van der Waals surface area (Å²) in [5.41, 5.74) is -0.109. The van der Waals surface area contributed by atoms with Gasteiger partial charge in [0.05, 0.1) is 18.6 Å². The van der Waals surface area contributed by atoms with E-state index in [-0.39, 0.29) is 17.0 Å². The summed E-state index contributed by atoms with van der Waals surface area (Å²) < 4.78 is 30.2. The summed E-state index contributed by atoms with van der Waals surface area (Å²) in [5.74, 6) is -2.13. The van der Waals surface area contributed by atoms with Crippen molar-refractivity contribution in [2.24, 2.45) is 0 Å². The Labute approximate surface area is 84.4 Å². The van der Waals surface area contributed by atoms with Crippen LogP contribution in [0.4, 0.5) is 8.78 Å². The molecule has 0 unspecified atom stereocenters. The van der Waals surface area contributed by atoms with E-state index in [2.05, 4.69) is 4.74 Å². The third-order valence-corrected chi connectivity index (χ3v) is 1.91. The average Bonchev–Trinajstić information content (AvgIpc) is 2.13. The molecule has 0 aliphatic carbocycles. The quantitative estimate of drug-likeness (QED) is 0.565. The van der Waals surface area contributed by atoms with Gasteiger partial charge in [0.15, 0.2) is 0 Å². The van der Waals surface area contributed by atoms with E-state index in [9.17, 15) is 13.6 Å². The topological polar surface area (TPSA) is 26.3 Å². The number of carbonyl (C=O) groups excluding carboxylic acids is 1. The molecule has 0 bridgehead atoms. The summed E-state index contributed by atoms with van der Waals surface area (Å²) in [7, 11) is 1.17. The zero-order valence-electron chi connectivity index (χ0n) is 7.31. The van der Waals surface area contributed by atoms with Crippen LogP contribution >= 0.6 is 11.6 Å². The van der Waals surface area contributed by atoms with E-state index in [0.29, 0.717) is 0 Å². The molecule has 0 aromatic heterocycles. The van der Waals surface area contributed by atoms with Crippen LogP contribution < -0.4 is 0 Å². The van der Waals surface area contributed by atoms with Gasteiger partial charge in [-0.05, 0) is 12.1 Å². The Hall–Kier alpha value is -1.16. The maximum atomic E-state index is 13.2. The summed E-state index contributed by atoms with van der Waals surface area (Å²) in [5, 5.41) is -0.344. The molecule has 0 radical (unpaired) electrons. The maximum Gasteiger partial charge on any atom is 0.310 e. The van der Waals surface area contributed by atoms with E-state index < -0.39 is 17.6 Å². The van der Waals surface area contributed by atoms with Gasteiger partial charge in [0.25, 0.3) is 0 Å². The number of hydrogen-bond acceptors (Lipinski definition) is 2. The molecule has 2 nitrogen and oxygen atoms in total. The monoisotopic (exact) mass is 220 g/mol. The van der Waals surface area contributed by atoms with Crippen molar-refractivity contribution in [2.45, 2.75) is 6.42 Å². The number of halogens is 3. The fourth-order valence-corrected chi connectivity index (χ4v) is 1.19. The summed E-state index contributed by atoms with van der Waals surface area (Å²) in [6.07, 6.45) is -0.334. The highest BCUT2D eigenvalue weighted by atomic mass is 35.5. The maximum absolute atomic E-state index is 13.2. The van der Waals surface area contributed by atoms with E-state index in [0.717, 1.165) is 12.1 Å². The zero-order valence-corrected chi connectivity index (χ0v) is 8.07. The first kappa shape index (κ1) is 10.9. The Kier molecular flexibility index (Phi) is 3.41. The summed E-state index contributed by atoms with van der Waals surface area (Å²) in [6, 6.07) is 1.76. The van der Waals surface area contributed by atoms with E-state index in [1.807, 2.05) is 0 Å². The van der Waals surface area contributed by atoms with Gasteiger partial charge in [0.1, 0.15) is 11.6 Å². The molecule has 0 atom stereocenters. The number of ether oxygens (including phenoxy) is 1. The molecule has 0 saturated heterocycles. The van der Waals surface area contributed by atoms with Crippen molar-refractivity contribution in [1.82, 2.24) is 0 Å². The molecule has 0 heterocycles. The molecule has 0 saturated carbocycles. The molecule has 5 heteroatoms. The molecular formula is C9H7ClF2O2. The lowest BCUT2D eigenvalue weighted by Gasteiger charge is -2.03. The highest BCUT2D eigenvalue weighted by Crippen LogP contribution is 2.20. The number of hydrogen-bond donors (Lipinski definition) is 0. The second-order valence-electron chi connectivity index (χ2n) is 2.61. The van der Waals surface area contributed by atoms with Crippen molar-refractivity contribution in [3.8, 4) is 0 Å². The van der Waals surface area contributed by atoms with Crippen LogP contribution in [-0.2, 0) is 16.0 Å². The average molecular weight is 221 g/mol. The first-order valence-electron chi connectivity index (χ1n) is 3.75. The van der Waals surface area contributed by atoms with Crippen molar-refractivity contribution in [3.63, 3.8) is 0 Å². The minimum Gasteiger partial charge on any atom is -0.469 e. The molecule has 76 valence electrons. The Morgan fingerprint density at radius 3 is 2.71 bits per heavy atom. The number of esters is 1. The molecule has 0 N–H and O–H groups in total. The van der Waals surface area contributed by atoms with Gasteiger partial charge in [0, 0.05) is 5.56 Å². The van der Waals surface area contributed by atoms with E-state index in [1.165, 1.54) is 7.11 Å². The summed E-state index contributed by atoms with van der Waals surface area (Å²) >= 11 is 5.38. The van der Waals surface area contributed by atoms with E-state index in [4.69, 9.17) is 11.6 Å². The Morgan fingerprint density at radius 2 is 2.14 bits per heavy atom. The van der Waals surface area contributed by atoms with Crippen molar-refractivity contribution in [2.75, 3.05) is 7.11 Å². The van der Waals surface area contributed by atoms with Crippen molar-refractivity contribution >= 4 is 17.6 Å². The lowest BCUT2D eigenvalue weighted by molar-refractivity contribution is -0.139. The first-order chi connectivity index (χ1) is 6.54. The van der Waals surface area contributed by atoms with Crippen molar-refractivity contribution in [1.29, 1.82) is 0 Å². The molecule has 0 aliphatic heterocycles. The number of rotatable bonds is 2. The van der Waals surface area contributed by atoms with E-state index in [1.54, 1.807) is 0 Å². The van der Waals surface area contributed by atoms with Crippen LogP contribution in [0.1, 0.15) is 5.56 Å². The molecule has 0 amide bonds. The van der Waals surface area contributed by atoms with Crippen LogP contribution in [0.25, 0.3) is 0 Å². The van der Waals surface area contributed by atoms with Gasteiger partial charge in [-0.3, -0.25) is 4.79 Å². The predicted octanol–water partition coefficient (Wildman–Crippen LogP) is 2.33. The standard InChI is InChI=1S/C9H7ClF2O2/c1-14-8(13)3-5-2-6(11)4-7(10)9(5)12/h2,4H,3H2,1H3. The molecule has 1 rings (SSSR count). The van der Waals surface area contributed by atoms with Crippen molar-refractivity contribution in [3.05, 3.63) is 34.4 Å². The third kappa shape index (κ3) is 2.42. The third-order valence-electron chi connectivity index (χ3n) is 1.63. The van der Waals surface area contributed by atoms with Crippen molar-refractivity contribution < 1.29 is 18.3 Å². The summed E-state index contributed by atoms with van der Waals surface area (Å²) in [4.78, 5) is 10.8. The molecular weight excluding hydrogens is 214 g/mol. The minimum absolute atomic E-state index is 0.109. The Bertz CT molecular complexity index is 366. The van der Waals surface area contributed by atoms with Crippen LogP contribution in [0.15, 0.2) is 12.1 Å². The van der Waals surface area contributed by atoms with Gasteiger partial charge in [-0.2, -0.15) is 0 Å². The van der Waals surface area contributed by atoms with Crippen LogP contribution in [0, 0.1) is 11.6 Å². The highest BCUT2D eigenvalue weighted by Gasteiger charge is 2.13. The minimum atomic E-state index is -0.793. The molecule has 0 spiro atoms. The van der Waals surface area contributed by atoms with Gasteiger partial charge in [-0.15, -0.1) is 0 Å². The molecule has 0 aliphatic rings. The number of carbonyl (C=O) groups is 1. The molecule has 1 aromatic rings. The van der Waals surface area contributed by atoms with Crippen LogP contribution in [-0.4, -0.2) is 13.1 Å². The van der Waals surface area contributed by atoms with Gasteiger partial charge in [0.2, 0.25) is 0 Å². The first-order valence-corrected chi connectivity index (χ1v) is 4.12.